The number of carbonyl (C=O) groups excluding carboxylic acids is 1. The average Bonchev–Trinajstić information content (AvgIpc) is 3.50. The smallest absolute Gasteiger partial charge is 0.356 e. The van der Waals surface area contributed by atoms with E-state index < -0.39 is 26.7 Å². The molecule has 0 radical (unpaired) electrons. The molecule has 4 rings (SSSR count). The second kappa shape index (κ2) is 7.82. The van der Waals surface area contributed by atoms with E-state index in [4.69, 9.17) is 0 Å². The summed E-state index contributed by atoms with van der Waals surface area (Å²) in [6.45, 7) is 0.729. The van der Waals surface area contributed by atoms with Crippen LogP contribution in [0.1, 0.15) is 50.5 Å². The highest BCUT2D eigenvalue weighted by atomic mass is 32.2. The maximum Gasteiger partial charge on any atom is 0.417 e. The summed E-state index contributed by atoms with van der Waals surface area (Å²) in [4.78, 5) is 11.4. The zero-order chi connectivity index (χ0) is 21.6. The topological polar surface area (TPSA) is 66.5 Å². The molecule has 3 fully saturated rings. The van der Waals surface area contributed by atoms with Gasteiger partial charge in [0.15, 0.2) is 0 Å². The molecule has 0 bridgehead atoms. The van der Waals surface area contributed by atoms with Crippen LogP contribution in [0.2, 0.25) is 0 Å². The van der Waals surface area contributed by atoms with E-state index in [0.717, 1.165) is 57.1 Å². The summed E-state index contributed by atoms with van der Waals surface area (Å²) < 4.78 is 68.1. The number of rotatable bonds is 5. The van der Waals surface area contributed by atoms with Crippen LogP contribution in [0.25, 0.3) is 0 Å². The Hall–Kier alpha value is -1.61. The van der Waals surface area contributed by atoms with Crippen LogP contribution in [0.4, 0.5) is 13.2 Å². The number of hydrogen-bond donors (Lipinski definition) is 1. The van der Waals surface area contributed by atoms with Crippen LogP contribution < -0.4 is 5.32 Å². The summed E-state index contributed by atoms with van der Waals surface area (Å²) >= 11 is 0. The van der Waals surface area contributed by atoms with Crippen molar-refractivity contribution in [3.63, 3.8) is 0 Å². The van der Waals surface area contributed by atoms with Gasteiger partial charge in [-0.2, -0.15) is 17.5 Å². The molecule has 2 aliphatic carbocycles. The minimum Gasteiger partial charge on any atom is -0.356 e. The molecular formula is C21H27F3N2O3S. The Morgan fingerprint density at radius 1 is 1.13 bits per heavy atom. The molecule has 1 aromatic rings. The molecule has 1 unspecified atom stereocenters. The molecule has 1 spiro atoms. The van der Waals surface area contributed by atoms with Gasteiger partial charge < -0.3 is 5.32 Å². The van der Waals surface area contributed by atoms with Crippen molar-refractivity contribution in [2.75, 3.05) is 19.6 Å². The van der Waals surface area contributed by atoms with Crippen molar-refractivity contribution in [3.8, 4) is 0 Å². The maximum absolute atomic E-state index is 13.5. The van der Waals surface area contributed by atoms with Crippen LogP contribution in [0.5, 0.6) is 0 Å². The van der Waals surface area contributed by atoms with Crippen LogP contribution in [0, 0.1) is 17.3 Å². The lowest BCUT2D eigenvalue weighted by atomic mass is 9.68. The number of alkyl halides is 3. The lowest BCUT2D eigenvalue weighted by Gasteiger charge is -2.38. The van der Waals surface area contributed by atoms with Gasteiger partial charge in [0.05, 0.1) is 10.5 Å². The van der Waals surface area contributed by atoms with Crippen LogP contribution in [0.3, 0.4) is 0 Å². The Kier molecular flexibility index (Phi) is 5.63. The number of nitrogens with one attached hydrogen (secondary N) is 1. The summed E-state index contributed by atoms with van der Waals surface area (Å²) in [5, 5.41) is 2.97. The van der Waals surface area contributed by atoms with Gasteiger partial charge in [-0.15, -0.1) is 0 Å². The van der Waals surface area contributed by atoms with E-state index in [1.807, 2.05) is 0 Å². The normalized spacial score (nSPS) is 24.8. The molecule has 1 amide bonds. The third-order valence-corrected chi connectivity index (χ3v) is 8.78. The first kappa shape index (κ1) is 21.6. The number of halogens is 3. The molecule has 9 heteroatoms. The number of nitrogens with zero attached hydrogens (tertiary/aromatic N) is 1. The molecule has 5 nitrogen and oxygen atoms in total. The third kappa shape index (κ3) is 4.10. The van der Waals surface area contributed by atoms with Crippen molar-refractivity contribution in [2.45, 2.75) is 56.0 Å². The van der Waals surface area contributed by atoms with Gasteiger partial charge in [0, 0.05) is 25.6 Å². The van der Waals surface area contributed by atoms with E-state index in [1.165, 1.54) is 16.4 Å². The number of sulfonamides is 1. The van der Waals surface area contributed by atoms with Crippen molar-refractivity contribution in [2.24, 2.45) is 17.3 Å². The predicted molar refractivity (Wildman–Crippen MR) is 105 cm³/mol. The van der Waals surface area contributed by atoms with Gasteiger partial charge in [-0.3, -0.25) is 4.79 Å². The van der Waals surface area contributed by atoms with Crippen molar-refractivity contribution in [3.05, 3.63) is 29.8 Å². The first-order valence-electron chi connectivity index (χ1n) is 10.6. The minimum absolute atomic E-state index is 0.00434. The molecule has 0 aromatic heterocycles. The number of amides is 1. The number of carbonyl (C=O) groups is 1. The van der Waals surface area contributed by atoms with Crippen molar-refractivity contribution < 1.29 is 26.4 Å². The van der Waals surface area contributed by atoms with Crippen molar-refractivity contribution >= 4 is 15.9 Å². The molecule has 1 saturated heterocycles. The fraction of sp³-hybridized carbons (Fsp3) is 0.667. The fourth-order valence-corrected chi connectivity index (χ4v) is 6.84. The molecule has 1 atom stereocenters. The van der Waals surface area contributed by atoms with Crippen LogP contribution >= 0.6 is 0 Å². The summed E-state index contributed by atoms with van der Waals surface area (Å²) in [6, 6.07) is 4.37. The first-order valence-corrected chi connectivity index (χ1v) is 12.0. The van der Waals surface area contributed by atoms with Gasteiger partial charge in [0.2, 0.25) is 15.9 Å². The summed E-state index contributed by atoms with van der Waals surface area (Å²) in [5.41, 5.74) is -1.41. The molecular weight excluding hydrogens is 417 g/mol. The summed E-state index contributed by atoms with van der Waals surface area (Å²) in [5.74, 6) is -0.0229. The van der Waals surface area contributed by atoms with Gasteiger partial charge in [-0.25, -0.2) is 8.42 Å². The molecule has 1 N–H and O–H groups in total. The van der Waals surface area contributed by atoms with Crippen LogP contribution in [0.15, 0.2) is 29.2 Å². The van der Waals surface area contributed by atoms with E-state index >= 15 is 0 Å². The molecule has 3 aliphatic rings. The molecule has 1 aromatic carbocycles. The quantitative estimate of drug-likeness (QED) is 0.751. The van der Waals surface area contributed by atoms with Gasteiger partial charge in [0.1, 0.15) is 0 Å². The highest BCUT2D eigenvalue weighted by Crippen LogP contribution is 2.49. The second-order valence-electron chi connectivity index (χ2n) is 8.93. The maximum atomic E-state index is 13.5. The lowest BCUT2D eigenvalue weighted by Crippen LogP contribution is -2.40. The Bertz CT molecular complexity index is 906. The van der Waals surface area contributed by atoms with E-state index in [2.05, 4.69) is 5.32 Å². The first-order chi connectivity index (χ1) is 14.1. The number of benzene rings is 1. The monoisotopic (exact) mass is 444 g/mol. The van der Waals surface area contributed by atoms with Crippen molar-refractivity contribution in [1.29, 1.82) is 0 Å². The fourth-order valence-electron chi connectivity index (χ4n) is 5.05. The molecule has 2 saturated carbocycles. The van der Waals surface area contributed by atoms with Crippen molar-refractivity contribution in [1.82, 2.24) is 9.62 Å². The Morgan fingerprint density at radius 2 is 1.80 bits per heavy atom. The second-order valence-corrected chi connectivity index (χ2v) is 10.8. The largest absolute Gasteiger partial charge is 0.417 e. The highest BCUT2D eigenvalue weighted by Gasteiger charge is 2.51. The Balaban J connectivity index is 1.60. The lowest BCUT2D eigenvalue weighted by molar-refractivity contribution is -0.140. The van der Waals surface area contributed by atoms with Gasteiger partial charge >= 0.3 is 6.18 Å². The minimum atomic E-state index is -4.75. The number of hydrogen-bond acceptors (Lipinski definition) is 3. The summed E-state index contributed by atoms with van der Waals surface area (Å²) in [7, 11) is -4.30. The SMILES string of the molecule is O=C(NCC1CN(S(=O)(=O)c2ccccc2C(F)(F)F)CC12CCCCC2)C1CC1. The van der Waals surface area contributed by atoms with Crippen LogP contribution in [-0.4, -0.2) is 38.3 Å². The zero-order valence-electron chi connectivity index (χ0n) is 16.7. The van der Waals surface area contributed by atoms with Gasteiger partial charge in [-0.1, -0.05) is 31.4 Å². The standard InChI is InChI=1S/C21H27F3N2O3S/c22-21(23,24)17-6-2-3-7-18(17)30(28,29)26-13-16(12-25-19(27)15-8-9-15)20(14-26)10-4-1-5-11-20/h2-3,6-7,15-16H,1,4-5,8-14H2,(H,25,27). The average molecular weight is 445 g/mol. The van der Waals surface area contributed by atoms with Gasteiger partial charge in [-0.05, 0) is 49.1 Å². The van der Waals surface area contributed by atoms with Gasteiger partial charge in [0.25, 0.3) is 0 Å². The van der Waals surface area contributed by atoms with E-state index in [-0.39, 0.29) is 36.2 Å². The van der Waals surface area contributed by atoms with E-state index in [1.54, 1.807) is 0 Å². The highest BCUT2D eigenvalue weighted by molar-refractivity contribution is 7.89. The third-order valence-electron chi connectivity index (χ3n) is 6.91. The molecule has 1 aliphatic heterocycles. The van der Waals surface area contributed by atoms with E-state index in [0.29, 0.717) is 6.54 Å². The predicted octanol–water partition coefficient (Wildman–Crippen LogP) is 3.80. The Morgan fingerprint density at radius 3 is 2.43 bits per heavy atom. The molecule has 30 heavy (non-hydrogen) atoms. The molecule has 1 heterocycles. The zero-order valence-corrected chi connectivity index (χ0v) is 17.6. The van der Waals surface area contributed by atoms with Crippen LogP contribution in [-0.2, 0) is 21.0 Å². The molecule has 166 valence electrons. The van der Waals surface area contributed by atoms with E-state index in [9.17, 15) is 26.4 Å². The summed E-state index contributed by atoms with van der Waals surface area (Å²) in [6.07, 6.45) is 1.72. The Labute approximate surface area is 175 Å².